The molecule has 2 aromatic carbocycles. The molecule has 3 rings (SSSR count). The lowest BCUT2D eigenvalue weighted by Gasteiger charge is -2.02. The van der Waals surface area contributed by atoms with Gasteiger partial charge in [-0.1, -0.05) is 30.3 Å². The van der Waals surface area contributed by atoms with Gasteiger partial charge >= 0.3 is 0 Å². The molecule has 0 saturated carbocycles. The van der Waals surface area contributed by atoms with Crippen LogP contribution in [-0.4, -0.2) is 0 Å². The van der Waals surface area contributed by atoms with Crippen LogP contribution in [0.2, 0.25) is 0 Å². The second kappa shape index (κ2) is 4.31. The SMILES string of the molecule is N#Cc1cccc[n+]1-c1cccc2ccccc12. The molecule has 1 heterocycles. The fourth-order valence-corrected chi connectivity index (χ4v) is 2.16. The number of hydrogen-bond donors (Lipinski definition) is 0. The van der Waals surface area contributed by atoms with Crippen LogP contribution in [0, 0.1) is 11.3 Å². The molecule has 84 valence electrons. The van der Waals surface area contributed by atoms with Crippen molar-refractivity contribution in [1.82, 2.24) is 0 Å². The first-order valence-electron chi connectivity index (χ1n) is 5.79. The summed E-state index contributed by atoms with van der Waals surface area (Å²) in [7, 11) is 0. The lowest BCUT2D eigenvalue weighted by atomic mass is 10.1. The third-order valence-electron chi connectivity index (χ3n) is 3.00. The van der Waals surface area contributed by atoms with E-state index in [4.69, 9.17) is 0 Å². The van der Waals surface area contributed by atoms with E-state index in [1.165, 1.54) is 5.39 Å². The number of benzene rings is 2. The van der Waals surface area contributed by atoms with E-state index in [0.29, 0.717) is 5.69 Å². The van der Waals surface area contributed by atoms with Gasteiger partial charge in [0.25, 0.3) is 5.69 Å². The Labute approximate surface area is 105 Å². The van der Waals surface area contributed by atoms with Crippen LogP contribution in [0.4, 0.5) is 0 Å². The van der Waals surface area contributed by atoms with Crippen LogP contribution in [0.1, 0.15) is 5.69 Å². The standard InChI is InChI=1S/C16H11N2/c17-12-14-8-3-4-11-18(14)16-10-5-7-13-6-1-2-9-15(13)16/h1-11H/q+1. The molecule has 0 amide bonds. The van der Waals surface area contributed by atoms with Crippen molar-refractivity contribution in [2.45, 2.75) is 0 Å². The average molecular weight is 231 g/mol. The number of pyridine rings is 1. The smallest absolute Gasteiger partial charge is 0.186 e. The zero-order valence-electron chi connectivity index (χ0n) is 9.75. The van der Waals surface area contributed by atoms with E-state index in [1.807, 2.05) is 53.2 Å². The van der Waals surface area contributed by atoms with E-state index in [1.54, 1.807) is 0 Å². The summed E-state index contributed by atoms with van der Waals surface area (Å²) in [5.41, 5.74) is 1.67. The molecule has 0 aliphatic rings. The lowest BCUT2D eigenvalue weighted by Crippen LogP contribution is -2.34. The van der Waals surface area contributed by atoms with Gasteiger partial charge in [-0.25, -0.2) is 0 Å². The molecule has 2 heteroatoms. The second-order valence-electron chi connectivity index (χ2n) is 4.07. The van der Waals surface area contributed by atoms with Crippen molar-refractivity contribution in [1.29, 1.82) is 5.26 Å². The first kappa shape index (κ1) is 10.5. The van der Waals surface area contributed by atoms with Gasteiger partial charge in [0.1, 0.15) is 0 Å². The van der Waals surface area contributed by atoms with Gasteiger partial charge in [-0.3, -0.25) is 0 Å². The van der Waals surface area contributed by atoms with Crippen molar-refractivity contribution in [3.63, 3.8) is 0 Å². The summed E-state index contributed by atoms with van der Waals surface area (Å²) in [6.07, 6.45) is 1.92. The summed E-state index contributed by atoms with van der Waals surface area (Å²) in [4.78, 5) is 0. The molecule has 18 heavy (non-hydrogen) atoms. The predicted molar refractivity (Wildman–Crippen MR) is 70.2 cm³/mol. The average Bonchev–Trinajstić information content (AvgIpc) is 2.46. The zero-order chi connectivity index (χ0) is 12.4. The second-order valence-corrected chi connectivity index (χ2v) is 4.07. The number of aromatic nitrogens is 1. The van der Waals surface area contributed by atoms with E-state index in [2.05, 4.69) is 24.3 Å². The van der Waals surface area contributed by atoms with Crippen LogP contribution in [0.5, 0.6) is 0 Å². The Hall–Kier alpha value is -2.66. The molecule has 1 aromatic heterocycles. The molecule has 0 radical (unpaired) electrons. The number of nitrogens with zero attached hydrogens (tertiary/aromatic N) is 2. The number of nitriles is 1. The van der Waals surface area contributed by atoms with Crippen molar-refractivity contribution < 1.29 is 4.57 Å². The normalized spacial score (nSPS) is 10.2. The zero-order valence-corrected chi connectivity index (χ0v) is 9.75. The van der Waals surface area contributed by atoms with Crippen LogP contribution < -0.4 is 4.57 Å². The first-order valence-corrected chi connectivity index (χ1v) is 5.79. The first-order chi connectivity index (χ1) is 8.90. The van der Waals surface area contributed by atoms with Gasteiger partial charge in [-0.2, -0.15) is 9.83 Å². The number of fused-ring (bicyclic) bond motifs is 1. The van der Waals surface area contributed by atoms with Crippen LogP contribution in [0.25, 0.3) is 16.5 Å². The summed E-state index contributed by atoms with van der Waals surface area (Å²) in [6, 6.07) is 22.2. The highest BCUT2D eigenvalue weighted by Gasteiger charge is 2.14. The van der Waals surface area contributed by atoms with Gasteiger partial charge in [0, 0.05) is 18.2 Å². The van der Waals surface area contributed by atoms with E-state index >= 15 is 0 Å². The largest absolute Gasteiger partial charge is 0.289 e. The van der Waals surface area contributed by atoms with Crippen molar-refractivity contribution in [2.75, 3.05) is 0 Å². The molecule has 0 bridgehead atoms. The van der Waals surface area contributed by atoms with Crippen LogP contribution >= 0.6 is 0 Å². The Balaban J connectivity index is 2.36. The quantitative estimate of drug-likeness (QED) is 0.592. The van der Waals surface area contributed by atoms with Gasteiger partial charge in [0.05, 0.1) is 5.39 Å². The Morgan fingerprint density at radius 1 is 0.833 bits per heavy atom. The number of rotatable bonds is 1. The van der Waals surface area contributed by atoms with Crippen molar-refractivity contribution in [3.8, 4) is 11.8 Å². The van der Waals surface area contributed by atoms with Crippen molar-refractivity contribution in [2.24, 2.45) is 0 Å². The summed E-state index contributed by atoms with van der Waals surface area (Å²) < 4.78 is 1.92. The predicted octanol–water partition coefficient (Wildman–Crippen LogP) is 2.99. The molecule has 0 spiro atoms. The molecule has 0 atom stereocenters. The lowest BCUT2D eigenvalue weighted by molar-refractivity contribution is -0.597. The molecule has 0 fully saturated rings. The van der Waals surface area contributed by atoms with E-state index in [0.717, 1.165) is 11.1 Å². The molecular formula is C16H11N2+. The third kappa shape index (κ3) is 1.63. The van der Waals surface area contributed by atoms with Crippen molar-refractivity contribution in [3.05, 3.63) is 72.6 Å². The monoisotopic (exact) mass is 231 g/mol. The maximum atomic E-state index is 9.18. The summed E-state index contributed by atoms with van der Waals surface area (Å²) in [6.45, 7) is 0. The van der Waals surface area contributed by atoms with E-state index in [-0.39, 0.29) is 0 Å². The molecule has 0 aliphatic heterocycles. The Bertz CT molecular complexity index is 749. The van der Waals surface area contributed by atoms with Crippen LogP contribution in [0.15, 0.2) is 66.9 Å². The highest BCUT2D eigenvalue weighted by molar-refractivity contribution is 5.88. The summed E-state index contributed by atoms with van der Waals surface area (Å²) in [5.74, 6) is 0. The van der Waals surface area contributed by atoms with Crippen LogP contribution in [-0.2, 0) is 0 Å². The van der Waals surface area contributed by atoms with Crippen LogP contribution in [0.3, 0.4) is 0 Å². The minimum atomic E-state index is 0.633. The maximum Gasteiger partial charge on any atom is 0.289 e. The van der Waals surface area contributed by atoms with E-state index < -0.39 is 0 Å². The van der Waals surface area contributed by atoms with Gasteiger partial charge in [-0.05, 0) is 17.5 Å². The van der Waals surface area contributed by atoms with E-state index in [9.17, 15) is 5.26 Å². The third-order valence-corrected chi connectivity index (χ3v) is 3.00. The highest BCUT2D eigenvalue weighted by Crippen LogP contribution is 2.18. The highest BCUT2D eigenvalue weighted by atomic mass is 15.0. The molecule has 2 nitrogen and oxygen atoms in total. The molecule has 0 N–H and O–H groups in total. The summed E-state index contributed by atoms with van der Waals surface area (Å²) >= 11 is 0. The molecule has 0 aliphatic carbocycles. The fraction of sp³-hybridized carbons (Fsp3) is 0. The minimum Gasteiger partial charge on any atom is -0.186 e. The minimum absolute atomic E-state index is 0.633. The number of hydrogen-bond acceptors (Lipinski definition) is 1. The van der Waals surface area contributed by atoms with Gasteiger partial charge in [-0.15, -0.1) is 0 Å². The fourth-order valence-electron chi connectivity index (χ4n) is 2.16. The maximum absolute atomic E-state index is 9.18. The Morgan fingerprint density at radius 2 is 1.61 bits per heavy atom. The summed E-state index contributed by atoms with van der Waals surface area (Å²) in [5, 5.41) is 11.5. The topological polar surface area (TPSA) is 27.7 Å². The Morgan fingerprint density at radius 3 is 2.50 bits per heavy atom. The van der Waals surface area contributed by atoms with Gasteiger partial charge in [0.15, 0.2) is 12.3 Å². The molecule has 3 aromatic rings. The van der Waals surface area contributed by atoms with Gasteiger partial charge in [0.2, 0.25) is 5.69 Å². The van der Waals surface area contributed by atoms with Crippen molar-refractivity contribution >= 4 is 10.8 Å². The molecule has 0 saturated heterocycles. The molecular weight excluding hydrogens is 220 g/mol. The Kier molecular flexibility index (Phi) is 2.51. The van der Waals surface area contributed by atoms with Gasteiger partial charge < -0.3 is 0 Å². The molecule has 0 unspecified atom stereocenters.